The molecule has 22 heavy (non-hydrogen) atoms. The summed E-state index contributed by atoms with van der Waals surface area (Å²) in [6, 6.07) is 6.06. The minimum atomic E-state index is -5.17. The van der Waals surface area contributed by atoms with Crippen LogP contribution in [0.3, 0.4) is 0 Å². The van der Waals surface area contributed by atoms with Crippen LogP contribution in [0.25, 0.3) is 5.57 Å². The van der Waals surface area contributed by atoms with E-state index in [0.29, 0.717) is 11.3 Å². The highest BCUT2D eigenvalue weighted by Gasteiger charge is 2.60. The molecule has 0 unspecified atom stereocenters. The van der Waals surface area contributed by atoms with E-state index >= 15 is 0 Å². The number of halogens is 3. The molecule has 0 saturated heterocycles. The zero-order valence-corrected chi connectivity index (χ0v) is 12.2. The Bertz CT molecular complexity index is 537. The number of esters is 1. The third kappa shape index (κ3) is 3.79. The fourth-order valence-corrected chi connectivity index (χ4v) is 1.78. The molecule has 0 aliphatic heterocycles. The molecule has 1 atom stereocenters. The quantitative estimate of drug-likeness (QED) is 0.819. The van der Waals surface area contributed by atoms with Gasteiger partial charge >= 0.3 is 12.1 Å². The molecule has 0 aromatic heterocycles. The third-order valence-electron chi connectivity index (χ3n) is 3.05. The minimum Gasteiger partial charge on any atom is -0.497 e. The molecule has 0 amide bonds. The fourth-order valence-electron chi connectivity index (χ4n) is 1.78. The van der Waals surface area contributed by atoms with E-state index in [1.54, 1.807) is 0 Å². The van der Waals surface area contributed by atoms with Crippen LogP contribution in [0.1, 0.15) is 18.9 Å². The zero-order valence-electron chi connectivity index (χ0n) is 12.2. The Morgan fingerprint density at radius 3 is 2.23 bits per heavy atom. The highest BCUT2D eigenvalue weighted by molar-refractivity contribution is 5.83. The molecule has 0 aliphatic carbocycles. The van der Waals surface area contributed by atoms with Crippen LogP contribution in [-0.4, -0.2) is 36.6 Å². The van der Waals surface area contributed by atoms with E-state index in [9.17, 15) is 23.1 Å². The Morgan fingerprint density at radius 1 is 1.27 bits per heavy atom. The average molecular weight is 318 g/mol. The van der Waals surface area contributed by atoms with Crippen molar-refractivity contribution < 1.29 is 32.5 Å². The summed E-state index contributed by atoms with van der Waals surface area (Å²) in [7, 11) is 1.45. The number of ether oxygens (including phenoxy) is 2. The lowest BCUT2D eigenvalue weighted by atomic mass is 9.91. The summed E-state index contributed by atoms with van der Waals surface area (Å²) in [5, 5.41) is 9.79. The fraction of sp³-hybridized carbons (Fsp3) is 0.400. The largest absolute Gasteiger partial charge is 0.497 e. The van der Waals surface area contributed by atoms with Gasteiger partial charge in [0.25, 0.3) is 5.60 Å². The second-order valence-corrected chi connectivity index (χ2v) is 4.59. The Kier molecular flexibility index (Phi) is 5.59. The summed E-state index contributed by atoms with van der Waals surface area (Å²) in [5.41, 5.74) is -3.32. The summed E-state index contributed by atoms with van der Waals surface area (Å²) in [4.78, 5) is 11.5. The van der Waals surface area contributed by atoms with Gasteiger partial charge in [-0.1, -0.05) is 18.7 Å². The molecular weight excluding hydrogens is 301 g/mol. The van der Waals surface area contributed by atoms with E-state index in [1.165, 1.54) is 38.3 Å². The summed E-state index contributed by atoms with van der Waals surface area (Å²) < 4.78 is 48.5. The molecule has 4 nitrogen and oxygen atoms in total. The van der Waals surface area contributed by atoms with E-state index in [4.69, 9.17) is 4.74 Å². The Balaban J connectivity index is 3.03. The van der Waals surface area contributed by atoms with Gasteiger partial charge in [-0.25, -0.2) is 4.79 Å². The molecule has 7 heteroatoms. The molecule has 0 bridgehead atoms. The number of carbonyl (C=O) groups excluding carboxylic acids is 1. The maximum Gasteiger partial charge on any atom is 0.428 e. The Morgan fingerprint density at radius 2 is 1.82 bits per heavy atom. The van der Waals surface area contributed by atoms with Crippen molar-refractivity contribution in [3.8, 4) is 5.75 Å². The summed E-state index contributed by atoms with van der Waals surface area (Å²) >= 11 is 0. The number of hydrogen-bond donors (Lipinski definition) is 1. The second kappa shape index (κ2) is 6.83. The molecule has 1 aromatic carbocycles. The van der Waals surface area contributed by atoms with E-state index in [0.717, 1.165) is 0 Å². The maximum atomic E-state index is 13.1. The van der Waals surface area contributed by atoms with Gasteiger partial charge in [-0.15, -0.1) is 0 Å². The first-order valence-electron chi connectivity index (χ1n) is 6.44. The zero-order chi connectivity index (χ0) is 17.0. The van der Waals surface area contributed by atoms with Crippen molar-refractivity contribution in [1.29, 1.82) is 0 Å². The first kappa shape index (κ1) is 18.0. The van der Waals surface area contributed by atoms with Gasteiger partial charge in [0.2, 0.25) is 0 Å². The molecule has 1 aromatic rings. The van der Waals surface area contributed by atoms with Crippen molar-refractivity contribution >= 4 is 11.5 Å². The summed E-state index contributed by atoms with van der Waals surface area (Å²) in [5.74, 6) is -1.22. The molecule has 0 spiro atoms. The highest BCUT2D eigenvalue weighted by Crippen LogP contribution is 2.38. The van der Waals surface area contributed by atoms with Crippen molar-refractivity contribution in [1.82, 2.24) is 0 Å². The van der Waals surface area contributed by atoms with Crippen molar-refractivity contribution in [2.24, 2.45) is 0 Å². The van der Waals surface area contributed by atoms with Crippen LogP contribution in [0.4, 0.5) is 13.2 Å². The summed E-state index contributed by atoms with van der Waals surface area (Å²) in [6.07, 6.45) is -6.18. The standard InChI is InChI=1S/C15H17F3O4/c1-4-22-13(19)14(20,15(16,17)18)9-10(2)11-5-7-12(21-3)8-6-11/h5-8,20H,2,4,9H2,1,3H3/t14-/m1/s1. The van der Waals surface area contributed by atoms with Crippen LogP contribution in [0, 0.1) is 0 Å². The van der Waals surface area contributed by atoms with E-state index in [-0.39, 0.29) is 12.2 Å². The Hall–Kier alpha value is -2.02. The number of methoxy groups -OCH3 is 1. The molecular formula is C15H17F3O4. The van der Waals surface area contributed by atoms with Gasteiger partial charge in [0.05, 0.1) is 13.7 Å². The van der Waals surface area contributed by atoms with E-state index < -0.39 is 24.2 Å². The van der Waals surface area contributed by atoms with Crippen LogP contribution >= 0.6 is 0 Å². The average Bonchev–Trinajstić information content (AvgIpc) is 2.46. The lowest BCUT2D eigenvalue weighted by Crippen LogP contribution is -2.53. The lowest BCUT2D eigenvalue weighted by molar-refractivity contribution is -0.260. The van der Waals surface area contributed by atoms with Crippen LogP contribution in [-0.2, 0) is 9.53 Å². The number of rotatable bonds is 6. The summed E-state index contributed by atoms with van der Waals surface area (Å²) in [6.45, 7) is 4.60. The van der Waals surface area contributed by atoms with Crippen molar-refractivity contribution in [2.75, 3.05) is 13.7 Å². The monoisotopic (exact) mass is 318 g/mol. The first-order chi connectivity index (χ1) is 10.2. The molecule has 1 rings (SSSR count). The molecule has 0 heterocycles. The molecule has 0 aliphatic rings. The number of benzene rings is 1. The van der Waals surface area contributed by atoms with Gasteiger partial charge in [-0.05, 0) is 30.2 Å². The van der Waals surface area contributed by atoms with Gasteiger partial charge in [-0.3, -0.25) is 0 Å². The van der Waals surface area contributed by atoms with Crippen LogP contribution < -0.4 is 4.74 Å². The minimum absolute atomic E-state index is 0.0458. The molecule has 0 fully saturated rings. The van der Waals surface area contributed by atoms with Crippen molar-refractivity contribution in [3.63, 3.8) is 0 Å². The number of aliphatic hydroxyl groups is 1. The smallest absolute Gasteiger partial charge is 0.428 e. The predicted octanol–water partition coefficient (Wildman–Crippen LogP) is 2.96. The van der Waals surface area contributed by atoms with Gasteiger partial charge in [0.1, 0.15) is 5.75 Å². The normalized spacial score (nSPS) is 14.1. The SMILES string of the molecule is C=C(C[C@@](O)(C(=O)OCC)C(F)(F)F)c1ccc(OC)cc1. The van der Waals surface area contributed by atoms with Crippen molar-refractivity contribution in [2.45, 2.75) is 25.1 Å². The van der Waals surface area contributed by atoms with Gasteiger partial charge in [-0.2, -0.15) is 13.2 Å². The number of hydrogen-bond acceptors (Lipinski definition) is 4. The van der Waals surface area contributed by atoms with E-state index in [1.807, 2.05) is 0 Å². The Labute approximate surface area is 126 Å². The van der Waals surface area contributed by atoms with Gasteiger partial charge < -0.3 is 14.6 Å². The number of alkyl halides is 3. The second-order valence-electron chi connectivity index (χ2n) is 4.59. The van der Waals surface area contributed by atoms with Crippen LogP contribution in [0.2, 0.25) is 0 Å². The number of carbonyl (C=O) groups is 1. The lowest BCUT2D eigenvalue weighted by Gasteiger charge is -2.28. The van der Waals surface area contributed by atoms with Crippen LogP contribution in [0.5, 0.6) is 5.75 Å². The first-order valence-corrected chi connectivity index (χ1v) is 6.44. The molecule has 0 saturated carbocycles. The predicted molar refractivity (Wildman–Crippen MR) is 74.3 cm³/mol. The maximum absolute atomic E-state index is 13.1. The van der Waals surface area contributed by atoms with Gasteiger partial charge in [0, 0.05) is 6.42 Å². The van der Waals surface area contributed by atoms with Gasteiger partial charge in [0.15, 0.2) is 0 Å². The van der Waals surface area contributed by atoms with E-state index in [2.05, 4.69) is 11.3 Å². The highest BCUT2D eigenvalue weighted by atomic mass is 19.4. The molecule has 122 valence electrons. The van der Waals surface area contributed by atoms with Crippen molar-refractivity contribution in [3.05, 3.63) is 36.4 Å². The third-order valence-corrected chi connectivity index (χ3v) is 3.05. The molecule has 1 N–H and O–H groups in total. The van der Waals surface area contributed by atoms with Crippen LogP contribution in [0.15, 0.2) is 30.8 Å². The topological polar surface area (TPSA) is 55.8 Å². The molecule has 0 radical (unpaired) electrons.